The summed E-state index contributed by atoms with van der Waals surface area (Å²) in [7, 11) is 0. The van der Waals surface area contributed by atoms with Crippen molar-refractivity contribution < 1.29 is 5.11 Å². The molecule has 2 rings (SSSR count). The largest absolute Gasteiger partial charge is 0.382 e. The fraction of sp³-hybridized carbons (Fsp3) is 0.0909. The lowest BCUT2D eigenvalue weighted by Gasteiger charge is -2.08. The summed E-state index contributed by atoms with van der Waals surface area (Å²) in [6.45, 7) is 0. The van der Waals surface area contributed by atoms with Crippen LogP contribution in [-0.2, 0) is 0 Å². The van der Waals surface area contributed by atoms with Crippen LogP contribution in [0.3, 0.4) is 0 Å². The standard InChI is InChI=1S/C11H10N2O/c14-11(9-4-2-1-3-5-9)10-6-7-12-8-13-10/h1-8,11,14H. The SMILES string of the molecule is OC(c1ccccc1)c1ccncn1. The summed E-state index contributed by atoms with van der Waals surface area (Å²) < 4.78 is 0. The summed E-state index contributed by atoms with van der Waals surface area (Å²) in [5.41, 5.74) is 1.46. The van der Waals surface area contributed by atoms with Crippen LogP contribution in [0.4, 0.5) is 0 Å². The van der Waals surface area contributed by atoms with Crippen LogP contribution in [0.15, 0.2) is 48.9 Å². The third-order valence-corrected chi connectivity index (χ3v) is 2.00. The van der Waals surface area contributed by atoms with E-state index in [2.05, 4.69) is 9.97 Å². The molecule has 3 heteroatoms. The number of benzene rings is 1. The van der Waals surface area contributed by atoms with E-state index in [1.165, 1.54) is 6.33 Å². The molecule has 0 bridgehead atoms. The maximum absolute atomic E-state index is 9.90. The molecule has 0 saturated carbocycles. The lowest BCUT2D eigenvalue weighted by Crippen LogP contribution is -2.01. The maximum Gasteiger partial charge on any atom is 0.121 e. The number of nitrogens with zero attached hydrogens (tertiary/aromatic N) is 2. The predicted octanol–water partition coefficient (Wildman–Crippen LogP) is 1.56. The molecule has 0 radical (unpaired) electrons. The Bertz CT molecular complexity index is 349. The molecule has 1 atom stereocenters. The lowest BCUT2D eigenvalue weighted by atomic mass is 10.1. The van der Waals surface area contributed by atoms with Gasteiger partial charge in [-0.15, -0.1) is 0 Å². The minimum absolute atomic E-state index is 0.617. The molecule has 3 nitrogen and oxygen atoms in total. The Morgan fingerprint density at radius 3 is 2.50 bits per heavy atom. The fourth-order valence-electron chi connectivity index (χ4n) is 1.27. The van der Waals surface area contributed by atoms with Crippen molar-refractivity contribution in [3.63, 3.8) is 0 Å². The summed E-state index contributed by atoms with van der Waals surface area (Å²) in [4.78, 5) is 7.79. The van der Waals surface area contributed by atoms with Crippen LogP contribution in [0.1, 0.15) is 17.4 Å². The van der Waals surface area contributed by atoms with Crippen molar-refractivity contribution in [3.8, 4) is 0 Å². The molecule has 0 saturated heterocycles. The molecule has 0 aliphatic heterocycles. The molecule has 14 heavy (non-hydrogen) atoms. The topological polar surface area (TPSA) is 46.0 Å². The van der Waals surface area contributed by atoms with Crippen molar-refractivity contribution in [1.29, 1.82) is 0 Å². The number of hydrogen-bond acceptors (Lipinski definition) is 3. The zero-order chi connectivity index (χ0) is 9.80. The molecule has 0 aliphatic rings. The van der Waals surface area contributed by atoms with Gasteiger partial charge in [-0.2, -0.15) is 0 Å². The molecule has 1 aromatic heterocycles. The first-order chi connectivity index (χ1) is 6.88. The molecule has 0 amide bonds. The normalized spacial score (nSPS) is 12.4. The molecular weight excluding hydrogens is 176 g/mol. The Morgan fingerprint density at radius 2 is 1.86 bits per heavy atom. The van der Waals surface area contributed by atoms with Crippen LogP contribution in [0, 0.1) is 0 Å². The highest BCUT2D eigenvalue weighted by Crippen LogP contribution is 2.18. The van der Waals surface area contributed by atoms with Crippen LogP contribution in [0.5, 0.6) is 0 Å². The number of aromatic nitrogens is 2. The molecule has 0 aliphatic carbocycles. The molecule has 70 valence electrons. The summed E-state index contributed by atoms with van der Waals surface area (Å²) in [6, 6.07) is 11.1. The van der Waals surface area contributed by atoms with Crippen LogP contribution >= 0.6 is 0 Å². The first-order valence-electron chi connectivity index (χ1n) is 4.37. The minimum atomic E-state index is -0.667. The number of aliphatic hydroxyl groups excluding tert-OH is 1. The summed E-state index contributed by atoms with van der Waals surface area (Å²) in [5, 5.41) is 9.90. The van der Waals surface area contributed by atoms with Crippen molar-refractivity contribution in [2.24, 2.45) is 0 Å². The van der Waals surface area contributed by atoms with Crippen LogP contribution in [-0.4, -0.2) is 15.1 Å². The molecular formula is C11H10N2O. The highest BCUT2D eigenvalue weighted by molar-refractivity contribution is 5.24. The van der Waals surface area contributed by atoms with Gasteiger partial charge in [-0.3, -0.25) is 0 Å². The average molecular weight is 186 g/mol. The van der Waals surface area contributed by atoms with E-state index >= 15 is 0 Å². The van der Waals surface area contributed by atoms with E-state index in [0.717, 1.165) is 5.56 Å². The molecule has 0 spiro atoms. The Morgan fingerprint density at radius 1 is 1.07 bits per heavy atom. The van der Waals surface area contributed by atoms with E-state index in [-0.39, 0.29) is 0 Å². The Kier molecular flexibility index (Phi) is 2.51. The highest BCUT2D eigenvalue weighted by Gasteiger charge is 2.09. The molecule has 1 aromatic carbocycles. The zero-order valence-corrected chi connectivity index (χ0v) is 7.54. The van der Waals surface area contributed by atoms with Gasteiger partial charge in [0.15, 0.2) is 0 Å². The van der Waals surface area contributed by atoms with E-state index in [1.54, 1.807) is 12.3 Å². The smallest absolute Gasteiger partial charge is 0.121 e. The van der Waals surface area contributed by atoms with Crippen molar-refractivity contribution in [2.75, 3.05) is 0 Å². The van der Waals surface area contributed by atoms with Gasteiger partial charge < -0.3 is 5.11 Å². The third kappa shape index (κ3) is 1.78. The second kappa shape index (κ2) is 3.98. The van der Waals surface area contributed by atoms with Gasteiger partial charge in [0, 0.05) is 6.20 Å². The quantitative estimate of drug-likeness (QED) is 0.774. The van der Waals surface area contributed by atoms with Gasteiger partial charge in [-0.05, 0) is 11.6 Å². The van der Waals surface area contributed by atoms with E-state index in [9.17, 15) is 5.11 Å². The zero-order valence-electron chi connectivity index (χ0n) is 7.54. The first kappa shape index (κ1) is 8.84. The van der Waals surface area contributed by atoms with Crippen molar-refractivity contribution >= 4 is 0 Å². The molecule has 1 heterocycles. The second-order valence-corrected chi connectivity index (χ2v) is 2.95. The lowest BCUT2D eigenvalue weighted by molar-refractivity contribution is 0.215. The molecule has 2 aromatic rings. The van der Waals surface area contributed by atoms with E-state index in [1.807, 2.05) is 30.3 Å². The summed E-state index contributed by atoms with van der Waals surface area (Å²) in [6.07, 6.45) is 2.38. The maximum atomic E-state index is 9.90. The number of hydrogen-bond donors (Lipinski definition) is 1. The Balaban J connectivity index is 2.30. The fourth-order valence-corrected chi connectivity index (χ4v) is 1.27. The molecule has 1 unspecified atom stereocenters. The monoisotopic (exact) mass is 186 g/mol. The second-order valence-electron chi connectivity index (χ2n) is 2.95. The first-order valence-corrected chi connectivity index (χ1v) is 4.37. The van der Waals surface area contributed by atoms with E-state index < -0.39 is 6.10 Å². The van der Waals surface area contributed by atoms with Gasteiger partial charge in [-0.25, -0.2) is 9.97 Å². The van der Waals surface area contributed by atoms with Crippen molar-refractivity contribution in [2.45, 2.75) is 6.10 Å². The Hall–Kier alpha value is -1.74. The van der Waals surface area contributed by atoms with Gasteiger partial charge in [0.2, 0.25) is 0 Å². The number of aliphatic hydroxyl groups is 1. The third-order valence-electron chi connectivity index (χ3n) is 2.00. The summed E-state index contributed by atoms with van der Waals surface area (Å²) >= 11 is 0. The van der Waals surface area contributed by atoms with Crippen LogP contribution < -0.4 is 0 Å². The van der Waals surface area contributed by atoms with Crippen LogP contribution in [0.25, 0.3) is 0 Å². The van der Waals surface area contributed by atoms with E-state index in [0.29, 0.717) is 5.69 Å². The Labute approximate surface area is 82.1 Å². The minimum Gasteiger partial charge on any atom is -0.382 e. The van der Waals surface area contributed by atoms with Gasteiger partial charge >= 0.3 is 0 Å². The summed E-state index contributed by atoms with van der Waals surface area (Å²) in [5.74, 6) is 0. The van der Waals surface area contributed by atoms with Gasteiger partial charge in [-0.1, -0.05) is 30.3 Å². The van der Waals surface area contributed by atoms with E-state index in [4.69, 9.17) is 0 Å². The van der Waals surface area contributed by atoms with Gasteiger partial charge in [0.1, 0.15) is 12.4 Å². The number of rotatable bonds is 2. The van der Waals surface area contributed by atoms with Gasteiger partial charge in [0.05, 0.1) is 5.69 Å². The molecule has 0 fully saturated rings. The molecule has 1 N–H and O–H groups in total. The van der Waals surface area contributed by atoms with Gasteiger partial charge in [0.25, 0.3) is 0 Å². The van der Waals surface area contributed by atoms with Crippen LogP contribution in [0.2, 0.25) is 0 Å². The highest BCUT2D eigenvalue weighted by atomic mass is 16.3. The average Bonchev–Trinajstić information content (AvgIpc) is 2.30. The van der Waals surface area contributed by atoms with Crippen molar-refractivity contribution in [1.82, 2.24) is 9.97 Å². The predicted molar refractivity (Wildman–Crippen MR) is 52.5 cm³/mol. The van der Waals surface area contributed by atoms with Crippen molar-refractivity contribution in [3.05, 3.63) is 60.2 Å².